The average Bonchev–Trinajstić information content (AvgIpc) is 2.95. The minimum Gasteiger partial charge on any atom is -0.314 e. The molecule has 0 atom stereocenters. The average molecular weight is 286 g/mol. The molecule has 2 aromatic heterocycles. The Hall–Kier alpha value is -0.800. The van der Waals surface area contributed by atoms with Gasteiger partial charge in [0.2, 0.25) is 0 Å². The second-order valence-electron chi connectivity index (χ2n) is 7.55. The van der Waals surface area contributed by atoms with E-state index in [4.69, 9.17) is 0 Å². The number of thiazole rings is 1. The first-order valence-corrected chi connectivity index (χ1v) is 8.95. The van der Waals surface area contributed by atoms with Gasteiger partial charge in [-0.25, -0.2) is 0 Å². The number of hydrogen-bond donors (Lipinski definition) is 1. The van der Waals surface area contributed by atoms with Crippen molar-refractivity contribution < 1.29 is 0 Å². The Morgan fingerprint density at radius 1 is 1.15 bits per heavy atom. The maximum Gasteiger partial charge on any atom is 0.0993 e. The van der Waals surface area contributed by atoms with Crippen LogP contribution in [0.4, 0.5) is 0 Å². The summed E-state index contributed by atoms with van der Waals surface area (Å²) in [7, 11) is 0. The molecule has 3 heteroatoms. The predicted octanol–water partition coefficient (Wildman–Crippen LogP) is 4.06. The van der Waals surface area contributed by atoms with Gasteiger partial charge in [0.15, 0.2) is 0 Å². The Bertz CT molecular complexity index is 574. The fraction of sp³-hybridized carbons (Fsp3) is 0.647. The zero-order chi connectivity index (χ0) is 13.2. The smallest absolute Gasteiger partial charge is 0.0993 e. The summed E-state index contributed by atoms with van der Waals surface area (Å²) in [5.41, 5.74) is 1.94. The van der Waals surface area contributed by atoms with Gasteiger partial charge in [-0.15, -0.1) is 11.3 Å². The maximum absolute atomic E-state index is 3.99. The quantitative estimate of drug-likeness (QED) is 0.900. The molecule has 6 rings (SSSR count). The van der Waals surface area contributed by atoms with E-state index in [0.717, 1.165) is 24.3 Å². The van der Waals surface area contributed by atoms with Gasteiger partial charge >= 0.3 is 0 Å². The number of nitrogens with one attached hydrogen (secondary N) is 1. The molecule has 4 fully saturated rings. The van der Waals surface area contributed by atoms with Crippen molar-refractivity contribution >= 4 is 16.2 Å². The Kier molecular flexibility index (Phi) is 2.43. The highest BCUT2D eigenvalue weighted by molar-refractivity contribution is 7.15. The molecule has 106 valence electrons. The molecule has 4 aliphatic rings. The van der Waals surface area contributed by atoms with Gasteiger partial charge in [0.1, 0.15) is 0 Å². The highest BCUT2D eigenvalue weighted by Gasteiger charge is 2.50. The molecule has 0 aromatic carbocycles. The van der Waals surface area contributed by atoms with Crippen molar-refractivity contribution in [1.29, 1.82) is 0 Å². The van der Waals surface area contributed by atoms with Gasteiger partial charge in [0, 0.05) is 29.9 Å². The lowest BCUT2D eigenvalue weighted by atomic mass is 9.53. The maximum atomic E-state index is 3.99. The van der Waals surface area contributed by atoms with Gasteiger partial charge in [0.25, 0.3) is 0 Å². The summed E-state index contributed by atoms with van der Waals surface area (Å²) in [5, 5.41) is 6.14. The Labute approximate surface area is 124 Å². The normalized spacial score (nSPS) is 38.9. The summed E-state index contributed by atoms with van der Waals surface area (Å²) < 4.78 is 2.25. The van der Waals surface area contributed by atoms with E-state index >= 15 is 0 Å². The van der Waals surface area contributed by atoms with Crippen molar-refractivity contribution in [1.82, 2.24) is 9.72 Å². The van der Waals surface area contributed by atoms with Crippen LogP contribution in [-0.2, 0) is 6.54 Å². The van der Waals surface area contributed by atoms with Crippen LogP contribution in [0.2, 0.25) is 0 Å². The van der Waals surface area contributed by atoms with Crippen LogP contribution in [0.25, 0.3) is 4.83 Å². The first kappa shape index (κ1) is 11.8. The van der Waals surface area contributed by atoms with Crippen molar-refractivity contribution in [3.8, 4) is 0 Å². The Morgan fingerprint density at radius 3 is 2.50 bits per heavy atom. The molecular formula is C17H22N2S. The zero-order valence-electron chi connectivity index (χ0n) is 11.8. The van der Waals surface area contributed by atoms with E-state index in [1.54, 1.807) is 0 Å². The highest BCUT2D eigenvalue weighted by atomic mass is 32.1. The summed E-state index contributed by atoms with van der Waals surface area (Å²) in [6.45, 7) is 1.06. The number of fused-ring (bicyclic) bond motifs is 1. The summed E-state index contributed by atoms with van der Waals surface area (Å²) in [4.78, 5) is 1.37. The van der Waals surface area contributed by atoms with Crippen LogP contribution in [0, 0.1) is 17.8 Å². The molecule has 20 heavy (non-hydrogen) atoms. The van der Waals surface area contributed by atoms with Gasteiger partial charge in [-0.1, -0.05) is 0 Å². The second-order valence-corrected chi connectivity index (χ2v) is 8.47. The van der Waals surface area contributed by atoms with E-state index in [-0.39, 0.29) is 0 Å². The van der Waals surface area contributed by atoms with E-state index < -0.39 is 0 Å². The van der Waals surface area contributed by atoms with Crippen LogP contribution in [0.3, 0.4) is 0 Å². The van der Waals surface area contributed by atoms with Crippen molar-refractivity contribution in [3.63, 3.8) is 0 Å². The van der Waals surface area contributed by atoms with Gasteiger partial charge in [-0.2, -0.15) is 0 Å². The molecule has 2 nitrogen and oxygen atoms in total. The summed E-state index contributed by atoms with van der Waals surface area (Å²) in [6, 6.07) is 2.35. The van der Waals surface area contributed by atoms with Crippen LogP contribution < -0.4 is 5.32 Å². The molecule has 0 saturated heterocycles. The summed E-state index contributed by atoms with van der Waals surface area (Å²) >= 11 is 1.83. The van der Waals surface area contributed by atoms with Crippen molar-refractivity contribution in [2.24, 2.45) is 17.8 Å². The fourth-order valence-electron chi connectivity index (χ4n) is 5.60. The van der Waals surface area contributed by atoms with Crippen LogP contribution in [0.15, 0.2) is 23.8 Å². The lowest BCUT2D eigenvalue weighted by Crippen LogP contribution is -2.58. The number of hydrogen-bond acceptors (Lipinski definition) is 2. The van der Waals surface area contributed by atoms with Crippen molar-refractivity contribution in [2.75, 3.05) is 0 Å². The van der Waals surface area contributed by atoms with Crippen LogP contribution in [-0.4, -0.2) is 9.94 Å². The first-order valence-electron chi connectivity index (χ1n) is 8.07. The van der Waals surface area contributed by atoms with Crippen LogP contribution in [0.5, 0.6) is 0 Å². The van der Waals surface area contributed by atoms with E-state index in [2.05, 4.69) is 33.6 Å². The van der Waals surface area contributed by atoms with Crippen molar-refractivity contribution in [2.45, 2.75) is 50.6 Å². The third-order valence-corrected chi connectivity index (χ3v) is 6.81. The lowest BCUT2D eigenvalue weighted by Gasteiger charge is -2.57. The molecule has 0 radical (unpaired) electrons. The van der Waals surface area contributed by atoms with Crippen molar-refractivity contribution in [3.05, 3.63) is 29.4 Å². The number of rotatable bonds is 3. The van der Waals surface area contributed by atoms with Gasteiger partial charge in [-0.3, -0.25) is 0 Å². The molecule has 4 bridgehead atoms. The zero-order valence-corrected chi connectivity index (χ0v) is 12.7. The predicted molar refractivity (Wildman–Crippen MR) is 83.0 cm³/mol. The molecule has 4 saturated carbocycles. The summed E-state index contributed by atoms with van der Waals surface area (Å²) in [5.74, 6) is 3.10. The minimum absolute atomic E-state index is 0.490. The second kappa shape index (κ2) is 4.11. The number of nitrogens with zero attached hydrogens (tertiary/aromatic N) is 1. The fourth-order valence-corrected chi connectivity index (χ4v) is 6.39. The molecule has 0 spiro atoms. The third kappa shape index (κ3) is 1.79. The molecule has 2 heterocycles. The molecule has 2 aromatic rings. The topological polar surface area (TPSA) is 16.4 Å². The lowest BCUT2D eigenvalue weighted by molar-refractivity contribution is -0.0205. The van der Waals surface area contributed by atoms with Crippen LogP contribution in [0.1, 0.15) is 44.1 Å². The summed E-state index contributed by atoms with van der Waals surface area (Å²) in [6.07, 6.45) is 13.4. The molecule has 1 N–H and O–H groups in total. The van der Waals surface area contributed by atoms with E-state index in [9.17, 15) is 0 Å². The first-order chi connectivity index (χ1) is 9.78. The largest absolute Gasteiger partial charge is 0.314 e. The van der Waals surface area contributed by atoms with E-state index in [1.165, 1.54) is 48.9 Å². The Balaban J connectivity index is 1.35. The minimum atomic E-state index is 0.490. The molecule has 0 aliphatic heterocycles. The highest BCUT2D eigenvalue weighted by Crippen LogP contribution is 2.55. The van der Waals surface area contributed by atoms with E-state index in [1.807, 2.05) is 11.3 Å². The van der Waals surface area contributed by atoms with E-state index in [0.29, 0.717) is 5.54 Å². The third-order valence-electron chi connectivity index (χ3n) is 5.98. The molecule has 0 unspecified atom stereocenters. The monoisotopic (exact) mass is 286 g/mol. The van der Waals surface area contributed by atoms with Gasteiger partial charge in [0.05, 0.1) is 4.83 Å². The SMILES string of the molecule is c1cn2cc(CNC34CC5CC(CC(C5)C3)C4)cc2s1. The van der Waals surface area contributed by atoms with Gasteiger partial charge in [-0.05, 0) is 67.9 Å². The number of aromatic nitrogens is 1. The Morgan fingerprint density at radius 2 is 1.85 bits per heavy atom. The molecule has 4 aliphatic carbocycles. The van der Waals surface area contributed by atoms with Crippen LogP contribution >= 0.6 is 11.3 Å². The molecule has 0 amide bonds. The molecular weight excluding hydrogens is 264 g/mol. The van der Waals surface area contributed by atoms with Gasteiger partial charge < -0.3 is 9.72 Å². The standard InChI is InChI=1S/C17H22N2S/c1-2-20-16-6-15(11-19(1)16)10-18-17-7-12-3-13(8-17)5-14(4-12)9-17/h1-2,6,11-14,18H,3-5,7-10H2.